The van der Waals surface area contributed by atoms with Gasteiger partial charge in [0.25, 0.3) is 10.0 Å². The maximum absolute atomic E-state index is 13.2. The van der Waals surface area contributed by atoms with Crippen LogP contribution in [0.4, 0.5) is 10.1 Å². The number of benzene rings is 2. The fourth-order valence-electron chi connectivity index (χ4n) is 1.76. The van der Waals surface area contributed by atoms with Crippen molar-refractivity contribution in [3.8, 4) is 0 Å². The number of anilines is 1. The van der Waals surface area contributed by atoms with Crippen LogP contribution in [-0.2, 0) is 16.6 Å². The Morgan fingerprint density at radius 3 is 2.62 bits per heavy atom. The van der Waals surface area contributed by atoms with E-state index in [1.807, 2.05) is 0 Å². The van der Waals surface area contributed by atoms with Gasteiger partial charge >= 0.3 is 0 Å². The van der Waals surface area contributed by atoms with Crippen molar-refractivity contribution in [2.24, 2.45) is 0 Å². The molecule has 0 aliphatic heterocycles. The van der Waals surface area contributed by atoms with Gasteiger partial charge in [0.1, 0.15) is 10.7 Å². The lowest BCUT2D eigenvalue weighted by atomic mass is 10.2. The normalized spacial score (nSPS) is 11.4. The summed E-state index contributed by atoms with van der Waals surface area (Å²) in [6.45, 7) is 1.35. The standard InChI is InChI=1S/C14H13ClFNO3S/c1-9-2-4-11(16)7-13(9)17-21(19,20)14-6-10(8-18)3-5-12(14)15/h2-7,17-18H,8H2,1H3. The zero-order chi connectivity index (χ0) is 15.6. The van der Waals surface area contributed by atoms with Gasteiger partial charge in [-0.2, -0.15) is 0 Å². The first-order valence-corrected chi connectivity index (χ1v) is 7.88. The lowest BCUT2D eigenvalue weighted by Crippen LogP contribution is -2.15. The first-order valence-electron chi connectivity index (χ1n) is 6.02. The van der Waals surface area contributed by atoms with E-state index < -0.39 is 15.8 Å². The Hall–Kier alpha value is -1.63. The van der Waals surface area contributed by atoms with Crippen LogP contribution in [0.5, 0.6) is 0 Å². The van der Waals surface area contributed by atoms with Gasteiger partial charge in [0.05, 0.1) is 17.3 Å². The predicted octanol–water partition coefficient (Wildman–Crippen LogP) is 3.08. The van der Waals surface area contributed by atoms with Crippen LogP contribution in [0.15, 0.2) is 41.3 Å². The van der Waals surface area contributed by atoms with E-state index in [1.54, 1.807) is 6.92 Å². The summed E-state index contributed by atoms with van der Waals surface area (Å²) >= 11 is 5.90. The molecular formula is C14H13ClFNO3S. The van der Waals surface area contributed by atoms with Crippen molar-refractivity contribution in [2.45, 2.75) is 18.4 Å². The minimum atomic E-state index is -3.98. The Balaban J connectivity index is 2.45. The van der Waals surface area contributed by atoms with E-state index >= 15 is 0 Å². The Kier molecular flexibility index (Phi) is 4.51. The predicted molar refractivity (Wildman–Crippen MR) is 79.3 cm³/mol. The maximum atomic E-state index is 13.2. The number of aliphatic hydroxyl groups excluding tert-OH is 1. The summed E-state index contributed by atoms with van der Waals surface area (Å²) in [5.41, 5.74) is 1.13. The molecule has 0 aliphatic rings. The van der Waals surface area contributed by atoms with Gasteiger partial charge in [-0.15, -0.1) is 0 Å². The number of aryl methyl sites for hydroxylation is 1. The molecule has 0 aliphatic carbocycles. The van der Waals surface area contributed by atoms with Crippen LogP contribution in [-0.4, -0.2) is 13.5 Å². The third kappa shape index (κ3) is 3.53. The molecule has 0 atom stereocenters. The number of hydrogen-bond acceptors (Lipinski definition) is 3. The van der Waals surface area contributed by atoms with Crippen molar-refractivity contribution in [2.75, 3.05) is 4.72 Å². The zero-order valence-electron chi connectivity index (χ0n) is 11.1. The zero-order valence-corrected chi connectivity index (χ0v) is 12.7. The maximum Gasteiger partial charge on any atom is 0.263 e. The molecule has 2 N–H and O–H groups in total. The fourth-order valence-corrected chi connectivity index (χ4v) is 3.43. The fraction of sp³-hybridized carbons (Fsp3) is 0.143. The summed E-state index contributed by atoms with van der Waals surface area (Å²) < 4.78 is 40.2. The van der Waals surface area contributed by atoms with Gasteiger partial charge in [-0.05, 0) is 42.3 Å². The van der Waals surface area contributed by atoms with Gasteiger partial charge < -0.3 is 5.11 Å². The number of halogens is 2. The van der Waals surface area contributed by atoms with E-state index in [2.05, 4.69) is 4.72 Å². The molecule has 7 heteroatoms. The van der Waals surface area contributed by atoms with E-state index in [4.69, 9.17) is 16.7 Å². The van der Waals surface area contributed by atoms with Crippen LogP contribution in [0, 0.1) is 12.7 Å². The highest BCUT2D eigenvalue weighted by atomic mass is 35.5. The molecule has 0 fully saturated rings. The van der Waals surface area contributed by atoms with Crippen molar-refractivity contribution in [3.63, 3.8) is 0 Å². The highest BCUT2D eigenvalue weighted by molar-refractivity contribution is 7.92. The lowest BCUT2D eigenvalue weighted by molar-refractivity contribution is 0.281. The van der Waals surface area contributed by atoms with Crippen molar-refractivity contribution in [1.82, 2.24) is 0 Å². The second-order valence-electron chi connectivity index (χ2n) is 4.49. The minimum Gasteiger partial charge on any atom is -0.392 e. The topological polar surface area (TPSA) is 66.4 Å². The molecule has 112 valence electrons. The smallest absolute Gasteiger partial charge is 0.263 e. The van der Waals surface area contributed by atoms with Gasteiger partial charge in [0, 0.05) is 0 Å². The molecule has 0 spiro atoms. The molecule has 4 nitrogen and oxygen atoms in total. The monoisotopic (exact) mass is 329 g/mol. The van der Waals surface area contributed by atoms with Gasteiger partial charge in [-0.3, -0.25) is 4.72 Å². The Morgan fingerprint density at radius 1 is 1.24 bits per heavy atom. The SMILES string of the molecule is Cc1ccc(F)cc1NS(=O)(=O)c1cc(CO)ccc1Cl. The first-order chi connectivity index (χ1) is 9.83. The molecule has 0 saturated heterocycles. The van der Waals surface area contributed by atoms with E-state index in [9.17, 15) is 12.8 Å². The molecule has 0 radical (unpaired) electrons. The summed E-state index contributed by atoms with van der Waals surface area (Å²) in [6, 6.07) is 8.00. The summed E-state index contributed by atoms with van der Waals surface area (Å²) in [5, 5.41) is 9.10. The second kappa shape index (κ2) is 6.01. The molecule has 0 heterocycles. The minimum absolute atomic E-state index is 0.0220. The van der Waals surface area contributed by atoms with Gasteiger partial charge in [0.15, 0.2) is 0 Å². The summed E-state index contributed by atoms with van der Waals surface area (Å²) in [7, 11) is -3.98. The molecule has 0 amide bonds. The third-order valence-electron chi connectivity index (χ3n) is 2.91. The van der Waals surface area contributed by atoms with Gasteiger partial charge in [0.2, 0.25) is 0 Å². The summed E-state index contributed by atoms with van der Waals surface area (Å²) in [6.07, 6.45) is 0. The molecule has 2 aromatic carbocycles. The van der Waals surface area contributed by atoms with Crippen LogP contribution >= 0.6 is 11.6 Å². The molecule has 0 saturated carbocycles. The third-order valence-corrected chi connectivity index (χ3v) is 4.76. The van der Waals surface area contributed by atoms with Crippen molar-refractivity contribution < 1.29 is 17.9 Å². The quantitative estimate of drug-likeness (QED) is 0.906. The van der Waals surface area contributed by atoms with Gasteiger partial charge in [-0.25, -0.2) is 12.8 Å². The summed E-state index contributed by atoms with van der Waals surface area (Å²) in [5.74, 6) is -0.548. The van der Waals surface area contributed by atoms with Crippen molar-refractivity contribution in [3.05, 3.63) is 58.4 Å². The van der Waals surface area contributed by atoms with Crippen LogP contribution < -0.4 is 4.72 Å². The molecule has 2 aromatic rings. The second-order valence-corrected chi connectivity index (χ2v) is 6.55. The molecule has 0 unspecified atom stereocenters. The van der Waals surface area contributed by atoms with Crippen LogP contribution in [0.25, 0.3) is 0 Å². The Bertz CT molecular complexity index is 778. The average molecular weight is 330 g/mol. The molecule has 2 rings (SSSR count). The van der Waals surface area contributed by atoms with Crippen LogP contribution in [0.2, 0.25) is 5.02 Å². The lowest BCUT2D eigenvalue weighted by Gasteiger charge is -2.12. The highest BCUT2D eigenvalue weighted by Gasteiger charge is 2.19. The Labute approximate surface area is 127 Å². The van der Waals surface area contributed by atoms with Gasteiger partial charge in [-0.1, -0.05) is 23.7 Å². The first kappa shape index (κ1) is 15.8. The van der Waals surface area contributed by atoms with E-state index in [0.29, 0.717) is 11.1 Å². The van der Waals surface area contributed by atoms with E-state index in [-0.39, 0.29) is 22.2 Å². The van der Waals surface area contributed by atoms with Crippen molar-refractivity contribution >= 4 is 27.3 Å². The summed E-state index contributed by atoms with van der Waals surface area (Å²) in [4.78, 5) is -0.167. The number of aliphatic hydroxyl groups is 1. The highest BCUT2D eigenvalue weighted by Crippen LogP contribution is 2.26. The molecule has 0 aromatic heterocycles. The van der Waals surface area contributed by atoms with E-state index in [1.165, 1.54) is 30.3 Å². The number of hydrogen-bond donors (Lipinski definition) is 2. The van der Waals surface area contributed by atoms with Crippen LogP contribution in [0.3, 0.4) is 0 Å². The van der Waals surface area contributed by atoms with E-state index in [0.717, 1.165) is 6.07 Å². The number of nitrogens with one attached hydrogen (secondary N) is 1. The largest absolute Gasteiger partial charge is 0.392 e. The Morgan fingerprint density at radius 2 is 1.95 bits per heavy atom. The molecular weight excluding hydrogens is 317 g/mol. The molecule has 0 bridgehead atoms. The number of rotatable bonds is 4. The number of sulfonamides is 1. The molecule has 21 heavy (non-hydrogen) atoms. The average Bonchev–Trinajstić information content (AvgIpc) is 2.43. The van der Waals surface area contributed by atoms with Crippen LogP contribution in [0.1, 0.15) is 11.1 Å². The van der Waals surface area contributed by atoms with Crippen molar-refractivity contribution in [1.29, 1.82) is 0 Å².